The molecule has 1 atom stereocenters. The maximum absolute atomic E-state index is 14.2. The topological polar surface area (TPSA) is 85.1 Å². The van der Waals surface area contributed by atoms with Crippen molar-refractivity contribution in [2.45, 2.75) is 70.7 Å². The lowest BCUT2D eigenvalue weighted by Crippen LogP contribution is -2.61. The number of nitrogens with zero attached hydrogens (tertiary/aromatic N) is 2. The fourth-order valence-electron chi connectivity index (χ4n) is 4.35. The van der Waals surface area contributed by atoms with E-state index in [2.05, 4.69) is 0 Å². The van der Waals surface area contributed by atoms with Gasteiger partial charge in [-0.25, -0.2) is 9.18 Å². The van der Waals surface area contributed by atoms with Gasteiger partial charge in [-0.05, 0) is 58.6 Å². The van der Waals surface area contributed by atoms with Gasteiger partial charge in [-0.1, -0.05) is 6.07 Å². The molecule has 2 aliphatic rings. The summed E-state index contributed by atoms with van der Waals surface area (Å²) >= 11 is 0. The molecule has 2 saturated heterocycles. The van der Waals surface area contributed by atoms with Gasteiger partial charge < -0.3 is 25.0 Å². The normalized spacial score (nSPS) is 21.3. The number of amides is 2. The van der Waals surface area contributed by atoms with Gasteiger partial charge in [-0.15, -0.1) is 0 Å². The molecule has 0 radical (unpaired) electrons. The number of hydrogen-bond donors (Lipinski definition) is 1. The van der Waals surface area contributed by atoms with Gasteiger partial charge >= 0.3 is 6.09 Å². The maximum atomic E-state index is 14.2. The third-order valence-electron chi connectivity index (χ3n) is 5.96. The van der Waals surface area contributed by atoms with E-state index >= 15 is 0 Å². The average Bonchev–Trinajstić information content (AvgIpc) is 2.66. The van der Waals surface area contributed by atoms with E-state index in [0.717, 1.165) is 0 Å². The third kappa shape index (κ3) is 5.87. The number of anilines is 1. The molecular formula is C23H34FN3O4. The van der Waals surface area contributed by atoms with Crippen molar-refractivity contribution < 1.29 is 23.5 Å². The second-order valence-corrected chi connectivity index (χ2v) is 9.64. The van der Waals surface area contributed by atoms with Crippen molar-refractivity contribution in [3.05, 3.63) is 29.6 Å². The van der Waals surface area contributed by atoms with Gasteiger partial charge in [0.1, 0.15) is 11.4 Å². The summed E-state index contributed by atoms with van der Waals surface area (Å²) in [6.45, 7) is 9.05. The minimum atomic E-state index is -0.600. The summed E-state index contributed by atoms with van der Waals surface area (Å²) in [6, 6.07) is 4.68. The molecule has 2 amide bonds. The molecule has 1 aromatic carbocycles. The largest absolute Gasteiger partial charge is 0.444 e. The fraction of sp³-hybridized carbons (Fsp3) is 0.652. The number of halogens is 1. The zero-order valence-electron chi connectivity index (χ0n) is 18.9. The lowest BCUT2D eigenvalue weighted by molar-refractivity contribution is -0.176. The number of ether oxygens (including phenoxy) is 2. The van der Waals surface area contributed by atoms with Crippen LogP contribution in [-0.4, -0.2) is 65.3 Å². The van der Waals surface area contributed by atoms with E-state index in [9.17, 15) is 14.0 Å². The smallest absolute Gasteiger partial charge is 0.410 e. The zero-order chi connectivity index (χ0) is 22.8. The average molecular weight is 436 g/mol. The van der Waals surface area contributed by atoms with Gasteiger partial charge in [-0.2, -0.15) is 0 Å². The predicted octanol–water partition coefficient (Wildman–Crippen LogP) is 3.36. The predicted molar refractivity (Wildman–Crippen MR) is 116 cm³/mol. The van der Waals surface area contributed by atoms with E-state index in [1.54, 1.807) is 28.9 Å². The van der Waals surface area contributed by atoms with E-state index in [0.29, 0.717) is 63.1 Å². The second-order valence-electron chi connectivity index (χ2n) is 9.64. The molecule has 3 rings (SSSR count). The first-order chi connectivity index (χ1) is 14.5. The van der Waals surface area contributed by atoms with Gasteiger partial charge in [-0.3, -0.25) is 4.79 Å². The molecule has 8 heteroatoms. The number of benzene rings is 1. The number of piperidine rings is 1. The van der Waals surface area contributed by atoms with Crippen LogP contribution in [0, 0.1) is 5.82 Å². The molecule has 2 N–H and O–H groups in total. The number of nitrogen functional groups attached to an aromatic ring is 1. The van der Waals surface area contributed by atoms with Crippen molar-refractivity contribution in [1.82, 2.24) is 9.80 Å². The van der Waals surface area contributed by atoms with Gasteiger partial charge in [0.25, 0.3) is 0 Å². The Morgan fingerprint density at radius 3 is 2.52 bits per heavy atom. The van der Waals surface area contributed by atoms with Crippen LogP contribution < -0.4 is 5.73 Å². The van der Waals surface area contributed by atoms with Crippen molar-refractivity contribution >= 4 is 17.7 Å². The van der Waals surface area contributed by atoms with E-state index in [4.69, 9.17) is 15.2 Å². The van der Waals surface area contributed by atoms with Crippen LogP contribution in [0.1, 0.15) is 52.5 Å². The minimum absolute atomic E-state index is 0.0428. The molecule has 172 valence electrons. The molecule has 2 fully saturated rings. The third-order valence-corrected chi connectivity index (χ3v) is 5.96. The zero-order valence-corrected chi connectivity index (χ0v) is 18.9. The van der Waals surface area contributed by atoms with Crippen molar-refractivity contribution in [1.29, 1.82) is 0 Å². The van der Waals surface area contributed by atoms with E-state index in [1.165, 1.54) is 6.07 Å². The maximum Gasteiger partial charge on any atom is 0.410 e. The van der Waals surface area contributed by atoms with Crippen molar-refractivity contribution in [2.24, 2.45) is 0 Å². The van der Waals surface area contributed by atoms with E-state index < -0.39 is 11.2 Å². The molecule has 2 aliphatic heterocycles. The van der Waals surface area contributed by atoms with Crippen LogP contribution in [0.2, 0.25) is 0 Å². The van der Waals surface area contributed by atoms with Crippen LogP contribution in [0.4, 0.5) is 14.9 Å². The van der Waals surface area contributed by atoms with Crippen LogP contribution in [-0.2, 0) is 20.7 Å². The van der Waals surface area contributed by atoms with Crippen LogP contribution in [0.5, 0.6) is 0 Å². The van der Waals surface area contributed by atoms with Crippen LogP contribution >= 0.6 is 0 Å². The Bertz CT molecular complexity index is 795. The second kappa shape index (κ2) is 9.02. The minimum Gasteiger partial charge on any atom is -0.444 e. The molecular weight excluding hydrogens is 401 g/mol. The quantitative estimate of drug-likeness (QED) is 0.736. The molecule has 1 spiro atoms. The summed E-state index contributed by atoms with van der Waals surface area (Å²) in [5.41, 5.74) is 5.72. The monoisotopic (exact) mass is 435 g/mol. The first-order valence-electron chi connectivity index (χ1n) is 10.9. The molecule has 31 heavy (non-hydrogen) atoms. The Balaban J connectivity index is 1.75. The standard InChI is InChI=1S/C23H34FN3O4/c1-16(28)26-12-10-23(11-13-26)15-27(21(29)31-22(2,3)4)14-17(30-23)8-9-18-19(24)6-5-7-20(18)25/h5-7,17H,8-15,25H2,1-4H3/t17-/m1/s1. The van der Waals surface area contributed by atoms with Crippen LogP contribution in [0.3, 0.4) is 0 Å². The fourth-order valence-corrected chi connectivity index (χ4v) is 4.35. The highest BCUT2D eigenvalue weighted by Gasteiger charge is 2.45. The SMILES string of the molecule is CC(=O)N1CCC2(CC1)CN(C(=O)OC(C)(C)C)C[C@@H](CCc1c(N)cccc1F)O2. The van der Waals surface area contributed by atoms with E-state index in [-0.39, 0.29) is 23.9 Å². The van der Waals surface area contributed by atoms with Gasteiger partial charge in [0.2, 0.25) is 5.91 Å². The Kier molecular flexibility index (Phi) is 6.79. The summed E-state index contributed by atoms with van der Waals surface area (Å²) in [6.07, 6.45) is 1.58. The number of likely N-dealkylation sites (tertiary alicyclic amines) is 1. The molecule has 0 unspecified atom stereocenters. The van der Waals surface area contributed by atoms with Gasteiger partial charge in [0.05, 0.1) is 24.8 Å². The summed E-state index contributed by atoms with van der Waals surface area (Å²) in [5.74, 6) is -0.287. The number of hydrogen-bond acceptors (Lipinski definition) is 5. The van der Waals surface area contributed by atoms with Crippen LogP contribution in [0.25, 0.3) is 0 Å². The number of morpholine rings is 1. The molecule has 0 bridgehead atoms. The summed E-state index contributed by atoms with van der Waals surface area (Å²) in [7, 11) is 0. The number of carbonyl (C=O) groups is 2. The number of nitrogens with two attached hydrogens (primary N) is 1. The highest BCUT2D eigenvalue weighted by atomic mass is 19.1. The summed E-state index contributed by atoms with van der Waals surface area (Å²) in [4.78, 5) is 28.1. The number of carbonyl (C=O) groups excluding carboxylic acids is 2. The summed E-state index contributed by atoms with van der Waals surface area (Å²) in [5, 5.41) is 0. The summed E-state index contributed by atoms with van der Waals surface area (Å²) < 4.78 is 26.3. The number of rotatable bonds is 3. The van der Waals surface area contributed by atoms with Crippen molar-refractivity contribution in [3.8, 4) is 0 Å². The van der Waals surface area contributed by atoms with Crippen molar-refractivity contribution in [2.75, 3.05) is 31.9 Å². The molecule has 1 aromatic rings. The van der Waals surface area contributed by atoms with E-state index in [1.807, 2.05) is 20.8 Å². The molecule has 0 aromatic heterocycles. The molecule has 0 aliphatic carbocycles. The first-order valence-corrected chi connectivity index (χ1v) is 10.9. The Morgan fingerprint density at radius 1 is 1.26 bits per heavy atom. The molecule has 7 nitrogen and oxygen atoms in total. The highest BCUT2D eigenvalue weighted by Crippen LogP contribution is 2.34. The van der Waals surface area contributed by atoms with Crippen molar-refractivity contribution in [3.63, 3.8) is 0 Å². The Hall–Kier alpha value is -2.35. The molecule has 0 saturated carbocycles. The lowest BCUT2D eigenvalue weighted by Gasteiger charge is -2.50. The van der Waals surface area contributed by atoms with Gasteiger partial charge in [0.15, 0.2) is 0 Å². The Labute approximate surface area is 183 Å². The molecule has 2 heterocycles. The Morgan fingerprint density at radius 2 is 1.94 bits per heavy atom. The van der Waals surface area contributed by atoms with Crippen LogP contribution in [0.15, 0.2) is 18.2 Å². The lowest BCUT2D eigenvalue weighted by atomic mass is 9.88. The first kappa shape index (κ1) is 23.3. The highest BCUT2D eigenvalue weighted by molar-refractivity contribution is 5.73. The van der Waals surface area contributed by atoms with Gasteiger partial charge in [0, 0.05) is 31.3 Å².